The number of aliphatic hydroxyl groups is 1. The lowest BCUT2D eigenvalue weighted by Gasteiger charge is -2.18. The standard InChI is InChI=1S/C9H18F3NO/c1-7(2)5-8(6-14)13-4-3-9(10,11)12/h7-8,13-14H,3-6H2,1-2H3. The van der Waals surface area contributed by atoms with Crippen LogP contribution in [0.25, 0.3) is 0 Å². The lowest BCUT2D eigenvalue weighted by atomic mass is 10.0. The molecule has 0 spiro atoms. The molecule has 5 heteroatoms. The van der Waals surface area contributed by atoms with Gasteiger partial charge in [-0.15, -0.1) is 0 Å². The molecule has 0 bridgehead atoms. The zero-order valence-electron chi connectivity index (χ0n) is 8.56. The van der Waals surface area contributed by atoms with Gasteiger partial charge in [0.1, 0.15) is 0 Å². The molecule has 0 saturated carbocycles. The van der Waals surface area contributed by atoms with E-state index < -0.39 is 12.6 Å². The Balaban J connectivity index is 3.63. The highest BCUT2D eigenvalue weighted by atomic mass is 19.4. The normalized spacial score (nSPS) is 14.8. The zero-order valence-corrected chi connectivity index (χ0v) is 8.56. The molecule has 0 rings (SSSR count). The van der Waals surface area contributed by atoms with E-state index in [9.17, 15) is 13.2 Å². The minimum atomic E-state index is -4.12. The van der Waals surface area contributed by atoms with Crippen molar-refractivity contribution >= 4 is 0 Å². The largest absolute Gasteiger partial charge is 0.395 e. The number of hydrogen-bond donors (Lipinski definition) is 2. The summed E-state index contributed by atoms with van der Waals surface area (Å²) in [7, 11) is 0. The van der Waals surface area contributed by atoms with Crippen LogP contribution in [0, 0.1) is 5.92 Å². The fourth-order valence-electron chi connectivity index (χ4n) is 1.21. The van der Waals surface area contributed by atoms with E-state index in [1.165, 1.54) is 0 Å². The van der Waals surface area contributed by atoms with Gasteiger partial charge < -0.3 is 10.4 Å². The maximum Gasteiger partial charge on any atom is 0.390 e. The van der Waals surface area contributed by atoms with Crippen LogP contribution in [0.5, 0.6) is 0 Å². The van der Waals surface area contributed by atoms with Gasteiger partial charge in [0, 0.05) is 12.6 Å². The van der Waals surface area contributed by atoms with Gasteiger partial charge in [-0.05, 0) is 12.3 Å². The Hall–Kier alpha value is -0.290. The predicted octanol–water partition coefficient (Wildman–Crippen LogP) is 1.94. The summed E-state index contributed by atoms with van der Waals surface area (Å²) in [6, 6.07) is -0.225. The molecule has 0 aliphatic rings. The zero-order chi connectivity index (χ0) is 11.2. The summed E-state index contributed by atoms with van der Waals surface area (Å²) in [6.07, 6.45) is -4.28. The Kier molecular flexibility index (Phi) is 6.11. The van der Waals surface area contributed by atoms with Crippen LogP contribution in [0.4, 0.5) is 13.2 Å². The topological polar surface area (TPSA) is 32.3 Å². The van der Waals surface area contributed by atoms with Crippen LogP contribution in [-0.4, -0.2) is 30.5 Å². The molecule has 0 saturated heterocycles. The molecular formula is C9H18F3NO. The molecule has 0 aromatic carbocycles. The highest BCUT2D eigenvalue weighted by Crippen LogP contribution is 2.18. The van der Waals surface area contributed by atoms with Crippen molar-refractivity contribution in [3.63, 3.8) is 0 Å². The Morgan fingerprint density at radius 3 is 2.21 bits per heavy atom. The fraction of sp³-hybridized carbons (Fsp3) is 1.00. The van der Waals surface area contributed by atoms with Gasteiger partial charge in [0.15, 0.2) is 0 Å². The summed E-state index contributed by atoms with van der Waals surface area (Å²) in [5.74, 6) is 0.366. The summed E-state index contributed by atoms with van der Waals surface area (Å²) in [6.45, 7) is 3.69. The Labute approximate surface area is 82.5 Å². The van der Waals surface area contributed by atoms with Gasteiger partial charge in [-0.2, -0.15) is 13.2 Å². The van der Waals surface area contributed by atoms with E-state index in [0.717, 1.165) is 0 Å². The van der Waals surface area contributed by atoms with Crippen LogP contribution >= 0.6 is 0 Å². The van der Waals surface area contributed by atoms with Gasteiger partial charge in [-0.25, -0.2) is 0 Å². The van der Waals surface area contributed by atoms with Gasteiger partial charge in [0.05, 0.1) is 13.0 Å². The highest BCUT2D eigenvalue weighted by molar-refractivity contribution is 4.68. The van der Waals surface area contributed by atoms with E-state index in [1.807, 2.05) is 13.8 Å². The van der Waals surface area contributed by atoms with Gasteiger partial charge >= 0.3 is 6.18 Å². The number of aliphatic hydroxyl groups excluding tert-OH is 1. The highest BCUT2D eigenvalue weighted by Gasteiger charge is 2.26. The molecule has 0 fully saturated rings. The molecule has 1 atom stereocenters. The molecule has 0 aliphatic heterocycles. The Morgan fingerprint density at radius 2 is 1.86 bits per heavy atom. The maximum absolute atomic E-state index is 11.8. The quantitative estimate of drug-likeness (QED) is 0.706. The van der Waals surface area contributed by atoms with Crippen LogP contribution in [-0.2, 0) is 0 Å². The minimum absolute atomic E-state index is 0.115. The molecule has 2 N–H and O–H groups in total. The second-order valence-corrected chi connectivity index (χ2v) is 3.83. The molecule has 0 heterocycles. The third kappa shape index (κ3) is 8.31. The SMILES string of the molecule is CC(C)CC(CO)NCCC(F)(F)F. The van der Waals surface area contributed by atoms with Crippen LogP contribution < -0.4 is 5.32 Å². The molecule has 0 amide bonds. The number of halogens is 3. The van der Waals surface area contributed by atoms with Crippen LogP contribution in [0.1, 0.15) is 26.7 Å². The maximum atomic E-state index is 11.8. The van der Waals surface area contributed by atoms with Crippen molar-refractivity contribution in [1.82, 2.24) is 5.32 Å². The van der Waals surface area contributed by atoms with E-state index in [2.05, 4.69) is 5.32 Å². The van der Waals surface area contributed by atoms with Crippen molar-refractivity contribution in [3.8, 4) is 0 Å². The smallest absolute Gasteiger partial charge is 0.390 e. The summed E-state index contributed by atoms with van der Waals surface area (Å²) in [4.78, 5) is 0. The first kappa shape index (κ1) is 13.7. The molecule has 0 aromatic rings. The summed E-state index contributed by atoms with van der Waals surface area (Å²) in [5, 5.41) is 11.5. The molecule has 1 unspecified atom stereocenters. The van der Waals surface area contributed by atoms with Crippen LogP contribution in [0.3, 0.4) is 0 Å². The Morgan fingerprint density at radius 1 is 1.29 bits per heavy atom. The van der Waals surface area contributed by atoms with Crippen molar-refractivity contribution in [1.29, 1.82) is 0 Å². The van der Waals surface area contributed by atoms with Crippen molar-refractivity contribution in [2.75, 3.05) is 13.2 Å². The molecular weight excluding hydrogens is 195 g/mol. The lowest BCUT2D eigenvalue weighted by Crippen LogP contribution is -2.36. The monoisotopic (exact) mass is 213 g/mol. The third-order valence-electron chi connectivity index (χ3n) is 1.82. The number of rotatable bonds is 6. The van der Waals surface area contributed by atoms with Crippen LogP contribution in [0.15, 0.2) is 0 Å². The predicted molar refractivity (Wildman–Crippen MR) is 49.0 cm³/mol. The molecule has 86 valence electrons. The number of hydrogen-bond acceptors (Lipinski definition) is 2. The fourth-order valence-corrected chi connectivity index (χ4v) is 1.21. The van der Waals surface area contributed by atoms with Crippen molar-refractivity contribution < 1.29 is 18.3 Å². The molecule has 0 radical (unpaired) electrons. The third-order valence-corrected chi connectivity index (χ3v) is 1.82. The lowest BCUT2D eigenvalue weighted by molar-refractivity contribution is -0.133. The van der Waals surface area contributed by atoms with Gasteiger partial charge in [-0.1, -0.05) is 13.8 Å². The first-order chi connectivity index (χ1) is 6.35. The van der Waals surface area contributed by atoms with Gasteiger partial charge in [0.25, 0.3) is 0 Å². The first-order valence-electron chi connectivity index (χ1n) is 4.76. The molecule has 2 nitrogen and oxygen atoms in total. The summed E-state index contributed by atoms with van der Waals surface area (Å²) < 4.78 is 35.3. The van der Waals surface area contributed by atoms with E-state index in [-0.39, 0.29) is 19.2 Å². The van der Waals surface area contributed by atoms with Crippen LogP contribution in [0.2, 0.25) is 0 Å². The van der Waals surface area contributed by atoms with E-state index in [1.54, 1.807) is 0 Å². The van der Waals surface area contributed by atoms with E-state index >= 15 is 0 Å². The van der Waals surface area contributed by atoms with E-state index in [0.29, 0.717) is 12.3 Å². The van der Waals surface area contributed by atoms with Crippen molar-refractivity contribution in [3.05, 3.63) is 0 Å². The average molecular weight is 213 g/mol. The van der Waals surface area contributed by atoms with Crippen molar-refractivity contribution in [2.45, 2.75) is 38.9 Å². The average Bonchev–Trinajstić information content (AvgIpc) is 1.99. The second-order valence-electron chi connectivity index (χ2n) is 3.83. The number of alkyl halides is 3. The van der Waals surface area contributed by atoms with Gasteiger partial charge in [0.2, 0.25) is 0 Å². The van der Waals surface area contributed by atoms with Crippen molar-refractivity contribution in [2.24, 2.45) is 5.92 Å². The van der Waals surface area contributed by atoms with Gasteiger partial charge in [-0.3, -0.25) is 0 Å². The van der Waals surface area contributed by atoms with E-state index in [4.69, 9.17) is 5.11 Å². The minimum Gasteiger partial charge on any atom is -0.395 e. The summed E-state index contributed by atoms with van der Waals surface area (Å²) in [5.41, 5.74) is 0. The molecule has 0 aromatic heterocycles. The number of nitrogens with one attached hydrogen (secondary N) is 1. The second kappa shape index (κ2) is 6.24. The summed E-state index contributed by atoms with van der Waals surface area (Å²) >= 11 is 0. The first-order valence-corrected chi connectivity index (χ1v) is 4.76. The molecule has 14 heavy (non-hydrogen) atoms. The molecule has 0 aliphatic carbocycles. The Bertz CT molecular complexity index is 147.